The third kappa shape index (κ3) is 15.2. The minimum Gasteiger partial charge on any atom is -0.481 e. The van der Waals surface area contributed by atoms with E-state index in [0.29, 0.717) is 11.8 Å². The van der Waals surface area contributed by atoms with E-state index in [0.717, 1.165) is 25.7 Å². The molecule has 0 aliphatic heterocycles. The van der Waals surface area contributed by atoms with Crippen LogP contribution < -0.4 is 0 Å². The van der Waals surface area contributed by atoms with E-state index < -0.39 is 11.4 Å². The maximum Gasteiger partial charge on any atom is 0.309 e. The molecule has 0 aromatic rings. The van der Waals surface area contributed by atoms with E-state index in [9.17, 15) is 9.90 Å². The first kappa shape index (κ1) is 32.5. The van der Waals surface area contributed by atoms with Crippen molar-refractivity contribution in [3.8, 4) is 0 Å². The van der Waals surface area contributed by atoms with Crippen molar-refractivity contribution in [2.45, 2.75) is 176 Å². The Balaban J connectivity index is 4.23. The molecular formula is C31H62O2. The number of hydrogen-bond donors (Lipinski definition) is 1. The summed E-state index contributed by atoms with van der Waals surface area (Å²) >= 11 is 0. The van der Waals surface area contributed by atoms with Crippen molar-refractivity contribution >= 4 is 5.97 Å². The van der Waals surface area contributed by atoms with E-state index in [-0.39, 0.29) is 0 Å². The lowest BCUT2D eigenvalue weighted by molar-refractivity contribution is -0.155. The number of unbranched alkanes of at least 4 members (excludes halogenated alkanes) is 17. The monoisotopic (exact) mass is 466 g/mol. The van der Waals surface area contributed by atoms with E-state index in [2.05, 4.69) is 34.6 Å². The number of rotatable bonds is 25. The lowest BCUT2D eigenvalue weighted by Gasteiger charge is -2.39. The zero-order valence-corrected chi connectivity index (χ0v) is 23.6. The van der Waals surface area contributed by atoms with Crippen LogP contribution in [0, 0.1) is 17.3 Å². The van der Waals surface area contributed by atoms with E-state index in [1.807, 2.05) is 0 Å². The average Bonchev–Trinajstić information content (AvgIpc) is 2.79. The van der Waals surface area contributed by atoms with Crippen LogP contribution >= 0.6 is 0 Å². The molecule has 0 saturated carbocycles. The predicted molar refractivity (Wildman–Crippen MR) is 147 cm³/mol. The van der Waals surface area contributed by atoms with E-state index in [1.54, 1.807) is 0 Å². The Hall–Kier alpha value is -0.530. The third-order valence-corrected chi connectivity index (χ3v) is 8.17. The smallest absolute Gasteiger partial charge is 0.309 e. The highest BCUT2D eigenvalue weighted by molar-refractivity contribution is 5.75. The SMILES string of the molecule is CCCCCCCCCCCCCCCC(C(C)C)C(CC)(CCCCCCCC)C(=O)O. The molecule has 0 aliphatic carbocycles. The maximum absolute atomic E-state index is 12.5. The van der Waals surface area contributed by atoms with Gasteiger partial charge in [0.05, 0.1) is 5.41 Å². The van der Waals surface area contributed by atoms with Crippen LogP contribution in [0.25, 0.3) is 0 Å². The van der Waals surface area contributed by atoms with Crippen molar-refractivity contribution in [2.24, 2.45) is 17.3 Å². The Labute approximate surface area is 209 Å². The summed E-state index contributed by atoms with van der Waals surface area (Å²) in [6.45, 7) is 11.1. The predicted octanol–water partition coefficient (Wildman–Crippen LogP) is 11.0. The molecular weight excluding hydrogens is 404 g/mol. The first-order chi connectivity index (χ1) is 16.0. The Bertz CT molecular complexity index is 431. The summed E-state index contributed by atoms with van der Waals surface area (Å²) in [5, 5.41) is 10.3. The van der Waals surface area contributed by atoms with Crippen molar-refractivity contribution in [1.82, 2.24) is 0 Å². The van der Waals surface area contributed by atoms with Gasteiger partial charge in [0, 0.05) is 0 Å². The molecule has 2 unspecified atom stereocenters. The first-order valence-electron chi connectivity index (χ1n) is 15.2. The van der Waals surface area contributed by atoms with Gasteiger partial charge in [0.15, 0.2) is 0 Å². The van der Waals surface area contributed by atoms with Gasteiger partial charge in [-0.15, -0.1) is 0 Å². The fourth-order valence-electron chi connectivity index (χ4n) is 5.89. The van der Waals surface area contributed by atoms with E-state index in [1.165, 1.54) is 116 Å². The second-order valence-electron chi connectivity index (χ2n) is 11.2. The lowest BCUT2D eigenvalue weighted by Crippen LogP contribution is -2.41. The van der Waals surface area contributed by atoms with Gasteiger partial charge in [0.1, 0.15) is 0 Å². The van der Waals surface area contributed by atoms with Gasteiger partial charge in [-0.1, -0.05) is 157 Å². The fourth-order valence-corrected chi connectivity index (χ4v) is 5.89. The zero-order valence-electron chi connectivity index (χ0n) is 23.6. The third-order valence-electron chi connectivity index (χ3n) is 8.17. The zero-order chi connectivity index (χ0) is 24.8. The van der Waals surface area contributed by atoms with Gasteiger partial charge in [-0.05, 0) is 31.1 Å². The van der Waals surface area contributed by atoms with Crippen LogP contribution in [0.2, 0.25) is 0 Å². The quantitative estimate of drug-likeness (QED) is 0.136. The molecule has 0 aromatic carbocycles. The number of carboxylic acid groups (broad SMARTS) is 1. The van der Waals surface area contributed by atoms with Gasteiger partial charge in [0.25, 0.3) is 0 Å². The molecule has 0 rings (SSSR count). The highest BCUT2D eigenvalue weighted by Gasteiger charge is 2.44. The number of carboxylic acids is 1. The van der Waals surface area contributed by atoms with E-state index in [4.69, 9.17) is 0 Å². The van der Waals surface area contributed by atoms with Crippen molar-refractivity contribution in [3.63, 3.8) is 0 Å². The Morgan fingerprint density at radius 1 is 0.606 bits per heavy atom. The molecule has 33 heavy (non-hydrogen) atoms. The summed E-state index contributed by atoms with van der Waals surface area (Å²) in [6.07, 6.45) is 28.0. The van der Waals surface area contributed by atoms with Gasteiger partial charge in [0.2, 0.25) is 0 Å². The molecule has 0 fully saturated rings. The van der Waals surface area contributed by atoms with Gasteiger partial charge in [-0.25, -0.2) is 0 Å². The summed E-state index contributed by atoms with van der Waals surface area (Å²) in [7, 11) is 0. The van der Waals surface area contributed by atoms with Crippen LogP contribution in [-0.4, -0.2) is 11.1 Å². The molecule has 0 aliphatic rings. The first-order valence-corrected chi connectivity index (χ1v) is 15.2. The molecule has 0 saturated heterocycles. The molecule has 2 nitrogen and oxygen atoms in total. The molecule has 2 heteroatoms. The van der Waals surface area contributed by atoms with Crippen LogP contribution in [0.4, 0.5) is 0 Å². The summed E-state index contributed by atoms with van der Waals surface area (Å²) < 4.78 is 0. The second kappa shape index (κ2) is 22.0. The van der Waals surface area contributed by atoms with Crippen LogP contribution in [0.15, 0.2) is 0 Å². The number of hydrogen-bond acceptors (Lipinski definition) is 1. The second-order valence-corrected chi connectivity index (χ2v) is 11.2. The van der Waals surface area contributed by atoms with Crippen LogP contribution in [0.3, 0.4) is 0 Å². The van der Waals surface area contributed by atoms with Crippen molar-refractivity contribution in [3.05, 3.63) is 0 Å². The molecule has 0 bridgehead atoms. The van der Waals surface area contributed by atoms with Crippen molar-refractivity contribution in [1.29, 1.82) is 0 Å². The Kier molecular flexibility index (Phi) is 21.6. The van der Waals surface area contributed by atoms with Gasteiger partial charge in [-0.3, -0.25) is 4.79 Å². The lowest BCUT2D eigenvalue weighted by atomic mass is 9.64. The molecule has 0 amide bonds. The largest absolute Gasteiger partial charge is 0.481 e. The van der Waals surface area contributed by atoms with Gasteiger partial charge in [-0.2, -0.15) is 0 Å². The highest BCUT2D eigenvalue weighted by atomic mass is 16.4. The summed E-state index contributed by atoms with van der Waals surface area (Å²) in [4.78, 5) is 12.5. The average molecular weight is 467 g/mol. The minimum absolute atomic E-state index is 0.309. The molecule has 198 valence electrons. The number of carbonyl (C=O) groups is 1. The van der Waals surface area contributed by atoms with Crippen molar-refractivity contribution in [2.75, 3.05) is 0 Å². The molecule has 0 spiro atoms. The van der Waals surface area contributed by atoms with Crippen LogP contribution in [0.5, 0.6) is 0 Å². The Morgan fingerprint density at radius 3 is 1.30 bits per heavy atom. The fraction of sp³-hybridized carbons (Fsp3) is 0.968. The summed E-state index contributed by atoms with van der Waals surface area (Å²) in [6, 6.07) is 0. The standard InChI is InChI=1S/C31H62O2/c1-6-9-11-13-15-16-17-18-19-20-21-22-24-26-29(28(4)5)31(8-3,30(32)33)27-25-23-14-12-10-7-2/h28-29H,6-27H2,1-5H3,(H,32,33). The molecule has 0 aromatic heterocycles. The highest BCUT2D eigenvalue weighted by Crippen LogP contribution is 2.44. The molecule has 2 atom stereocenters. The van der Waals surface area contributed by atoms with Gasteiger partial charge < -0.3 is 5.11 Å². The normalized spacial score (nSPS) is 14.5. The molecule has 1 N–H and O–H groups in total. The van der Waals surface area contributed by atoms with Gasteiger partial charge >= 0.3 is 5.97 Å². The van der Waals surface area contributed by atoms with Crippen LogP contribution in [-0.2, 0) is 4.79 Å². The Morgan fingerprint density at radius 2 is 0.970 bits per heavy atom. The van der Waals surface area contributed by atoms with E-state index >= 15 is 0 Å². The summed E-state index contributed by atoms with van der Waals surface area (Å²) in [5.74, 6) is 0.216. The minimum atomic E-state index is -0.535. The molecule has 0 heterocycles. The number of aliphatic carboxylic acids is 1. The summed E-state index contributed by atoms with van der Waals surface area (Å²) in [5.41, 5.74) is -0.518. The van der Waals surface area contributed by atoms with Crippen LogP contribution in [0.1, 0.15) is 176 Å². The molecule has 0 radical (unpaired) electrons. The maximum atomic E-state index is 12.5. The topological polar surface area (TPSA) is 37.3 Å². The van der Waals surface area contributed by atoms with Crippen molar-refractivity contribution < 1.29 is 9.90 Å².